The predicted molar refractivity (Wildman–Crippen MR) is 77.4 cm³/mol. The molecule has 0 bridgehead atoms. The van der Waals surface area contributed by atoms with Crippen LogP contribution in [0.5, 0.6) is 0 Å². The van der Waals surface area contributed by atoms with Gasteiger partial charge in [-0.15, -0.1) is 0 Å². The molecule has 0 aromatic heterocycles. The Hall–Kier alpha value is -0.930. The molecule has 0 spiro atoms. The van der Waals surface area contributed by atoms with Crippen molar-refractivity contribution in [3.05, 3.63) is 35.6 Å². The van der Waals surface area contributed by atoms with E-state index in [9.17, 15) is 4.39 Å². The molecule has 106 valence electrons. The largest absolute Gasteiger partial charge is 0.323 e. The molecule has 1 heterocycles. The number of benzene rings is 1. The highest BCUT2D eigenvalue weighted by atomic mass is 19.1. The highest BCUT2D eigenvalue weighted by molar-refractivity contribution is 5.21. The Morgan fingerprint density at radius 1 is 1.32 bits per heavy atom. The van der Waals surface area contributed by atoms with Gasteiger partial charge in [-0.25, -0.2) is 4.39 Å². The molecule has 1 aromatic carbocycles. The fourth-order valence-corrected chi connectivity index (χ4v) is 3.16. The first-order chi connectivity index (χ1) is 9.10. The van der Waals surface area contributed by atoms with Gasteiger partial charge in [0.25, 0.3) is 0 Å². The fourth-order valence-electron chi connectivity index (χ4n) is 3.16. The zero-order valence-electron chi connectivity index (χ0n) is 12.0. The number of rotatable bonds is 5. The molecule has 0 radical (unpaired) electrons. The third-order valence-electron chi connectivity index (χ3n) is 4.78. The van der Waals surface area contributed by atoms with Gasteiger partial charge in [0, 0.05) is 24.7 Å². The molecule has 1 fully saturated rings. The average Bonchev–Trinajstić information content (AvgIpc) is 2.83. The van der Waals surface area contributed by atoms with Gasteiger partial charge in [0.2, 0.25) is 0 Å². The Labute approximate surface area is 115 Å². The summed E-state index contributed by atoms with van der Waals surface area (Å²) in [4.78, 5) is 2.39. The normalized spacial score (nSPS) is 20.6. The topological polar surface area (TPSA) is 29.3 Å². The molecular formula is C16H25FN2. The van der Waals surface area contributed by atoms with Crippen LogP contribution in [0.1, 0.15) is 44.7 Å². The molecule has 0 saturated carbocycles. The number of halogens is 1. The summed E-state index contributed by atoms with van der Waals surface area (Å²) < 4.78 is 13.7. The smallest absolute Gasteiger partial charge is 0.128 e. The first-order valence-corrected chi connectivity index (χ1v) is 7.32. The molecule has 1 atom stereocenters. The highest BCUT2D eigenvalue weighted by Gasteiger charge is 2.35. The highest BCUT2D eigenvalue weighted by Crippen LogP contribution is 2.37. The maximum absolute atomic E-state index is 13.7. The molecule has 3 heteroatoms. The van der Waals surface area contributed by atoms with Crippen LogP contribution in [-0.4, -0.2) is 24.5 Å². The van der Waals surface area contributed by atoms with E-state index in [2.05, 4.69) is 18.7 Å². The van der Waals surface area contributed by atoms with Crippen molar-refractivity contribution in [1.82, 2.24) is 4.90 Å². The monoisotopic (exact) mass is 264 g/mol. The predicted octanol–water partition coefficient (Wildman–Crippen LogP) is 3.34. The molecule has 1 saturated heterocycles. The minimum absolute atomic E-state index is 0.188. The van der Waals surface area contributed by atoms with E-state index in [1.165, 1.54) is 25.3 Å². The lowest BCUT2D eigenvalue weighted by Crippen LogP contribution is -2.33. The summed E-state index contributed by atoms with van der Waals surface area (Å²) in [5, 5.41) is 0. The van der Waals surface area contributed by atoms with Gasteiger partial charge in [0.15, 0.2) is 0 Å². The van der Waals surface area contributed by atoms with Crippen LogP contribution in [0.3, 0.4) is 0 Å². The lowest BCUT2D eigenvalue weighted by molar-refractivity contribution is 0.232. The van der Waals surface area contributed by atoms with E-state index >= 15 is 0 Å². The molecule has 2 nitrogen and oxygen atoms in total. The van der Waals surface area contributed by atoms with Crippen molar-refractivity contribution in [2.75, 3.05) is 19.6 Å². The summed E-state index contributed by atoms with van der Waals surface area (Å²) >= 11 is 0. The minimum atomic E-state index is -0.231. The van der Waals surface area contributed by atoms with Gasteiger partial charge in [-0.3, -0.25) is 0 Å². The van der Waals surface area contributed by atoms with E-state index in [-0.39, 0.29) is 11.9 Å². The van der Waals surface area contributed by atoms with E-state index in [1.807, 2.05) is 6.07 Å². The molecule has 19 heavy (non-hydrogen) atoms. The van der Waals surface area contributed by atoms with E-state index in [1.54, 1.807) is 12.1 Å². The molecule has 1 aliphatic heterocycles. The van der Waals surface area contributed by atoms with E-state index in [4.69, 9.17) is 5.73 Å². The Morgan fingerprint density at radius 2 is 2.00 bits per heavy atom. The zero-order chi connectivity index (χ0) is 13.9. The van der Waals surface area contributed by atoms with Crippen molar-refractivity contribution >= 4 is 0 Å². The molecule has 1 aliphatic rings. The van der Waals surface area contributed by atoms with Gasteiger partial charge >= 0.3 is 0 Å². The van der Waals surface area contributed by atoms with Crippen LogP contribution in [0, 0.1) is 11.2 Å². The van der Waals surface area contributed by atoms with Crippen molar-refractivity contribution in [3.8, 4) is 0 Å². The van der Waals surface area contributed by atoms with Gasteiger partial charge in [0.1, 0.15) is 5.82 Å². The summed E-state index contributed by atoms with van der Waals surface area (Å²) in [6, 6.07) is 6.61. The van der Waals surface area contributed by atoms with Crippen molar-refractivity contribution in [3.63, 3.8) is 0 Å². The van der Waals surface area contributed by atoms with Crippen LogP contribution in [0.2, 0.25) is 0 Å². The van der Waals surface area contributed by atoms with Crippen LogP contribution in [0.4, 0.5) is 4.39 Å². The van der Waals surface area contributed by atoms with E-state index in [0.717, 1.165) is 19.6 Å². The zero-order valence-corrected chi connectivity index (χ0v) is 12.0. The van der Waals surface area contributed by atoms with Gasteiger partial charge in [-0.1, -0.05) is 32.0 Å². The van der Waals surface area contributed by atoms with Gasteiger partial charge < -0.3 is 10.6 Å². The number of hydrogen-bond acceptors (Lipinski definition) is 2. The Morgan fingerprint density at radius 3 is 2.58 bits per heavy atom. The third kappa shape index (κ3) is 3.15. The standard InChI is InChI=1S/C16H25FN2/c1-3-16(4-2)9-10-19(12-16)11-15(18)13-7-5-6-8-14(13)17/h5-8,15H,3-4,9-12,18H2,1-2H3. The van der Waals surface area contributed by atoms with Crippen molar-refractivity contribution in [1.29, 1.82) is 0 Å². The summed E-state index contributed by atoms with van der Waals surface area (Å²) in [5.41, 5.74) is 7.25. The summed E-state index contributed by atoms with van der Waals surface area (Å²) in [7, 11) is 0. The summed E-state index contributed by atoms with van der Waals surface area (Å²) in [6.45, 7) is 7.47. The van der Waals surface area contributed by atoms with Crippen molar-refractivity contribution < 1.29 is 4.39 Å². The van der Waals surface area contributed by atoms with Crippen LogP contribution >= 0.6 is 0 Å². The Balaban J connectivity index is 1.98. The SMILES string of the molecule is CCC1(CC)CCN(CC(N)c2ccccc2F)C1. The first-order valence-electron chi connectivity index (χ1n) is 7.32. The molecule has 1 aromatic rings. The van der Waals surface area contributed by atoms with Gasteiger partial charge in [0.05, 0.1) is 0 Å². The Kier molecular flexibility index (Phi) is 4.58. The second kappa shape index (κ2) is 6.02. The van der Waals surface area contributed by atoms with Gasteiger partial charge in [-0.2, -0.15) is 0 Å². The third-order valence-corrected chi connectivity index (χ3v) is 4.78. The van der Waals surface area contributed by atoms with Crippen LogP contribution in [0.15, 0.2) is 24.3 Å². The van der Waals surface area contributed by atoms with Crippen molar-refractivity contribution in [2.45, 2.75) is 39.2 Å². The fraction of sp³-hybridized carbons (Fsp3) is 0.625. The van der Waals surface area contributed by atoms with E-state index in [0.29, 0.717) is 11.0 Å². The van der Waals surface area contributed by atoms with Crippen LogP contribution in [-0.2, 0) is 0 Å². The lowest BCUT2D eigenvalue weighted by Gasteiger charge is -2.27. The average molecular weight is 264 g/mol. The second-order valence-electron chi connectivity index (χ2n) is 5.82. The maximum Gasteiger partial charge on any atom is 0.128 e. The number of nitrogens with zero attached hydrogens (tertiary/aromatic N) is 1. The molecule has 0 amide bonds. The minimum Gasteiger partial charge on any atom is -0.323 e. The first kappa shape index (κ1) is 14.5. The second-order valence-corrected chi connectivity index (χ2v) is 5.82. The maximum atomic E-state index is 13.7. The van der Waals surface area contributed by atoms with Gasteiger partial charge in [-0.05, 0) is 37.3 Å². The quantitative estimate of drug-likeness (QED) is 0.884. The summed E-state index contributed by atoms with van der Waals surface area (Å²) in [6.07, 6.45) is 3.67. The molecule has 1 unspecified atom stereocenters. The van der Waals surface area contributed by atoms with Crippen molar-refractivity contribution in [2.24, 2.45) is 11.1 Å². The van der Waals surface area contributed by atoms with Crippen LogP contribution in [0.25, 0.3) is 0 Å². The summed E-state index contributed by atoms with van der Waals surface area (Å²) in [5.74, 6) is -0.188. The number of hydrogen-bond donors (Lipinski definition) is 1. The van der Waals surface area contributed by atoms with Crippen LogP contribution < -0.4 is 5.73 Å². The lowest BCUT2D eigenvalue weighted by atomic mass is 9.82. The molecular weight excluding hydrogens is 239 g/mol. The number of nitrogens with two attached hydrogens (primary N) is 1. The molecule has 2 N–H and O–H groups in total. The van der Waals surface area contributed by atoms with E-state index < -0.39 is 0 Å². The number of likely N-dealkylation sites (tertiary alicyclic amines) is 1. The molecule has 0 aliphatic carbocycles. The Bertz CT molecular complexity index is 415. The molecule has 2 rings (SSSR count).